The molecule has 0 aliphatic heterocycles. The highest BCUT2D eigenvalue weighted by Gasteiger charge is 2.20. The first kappa shape index (κ1) is 15.8. The van der Waals surface area contributed by atoms with Crippen molar-refractivity contribution in [2.75, 3.05) is 11.9 Å². The van der Waals surface area contributed by atoms with E-state index in [0.717, 1.165) is 34.4 Å². The molecule has 0 bridgehead atoms. The molecule has 0 fully saturated rings. The first-order valence-electron chi connectivity index (χ1n) is 8.15. The molecule has 4 rings (SSSR count). The maximum absolute atomic E-state index is 10.4. The molecular weight excluding hydrogens is 342 g/mol. The molecule has 1 aliphatic rings. The Labute approximate surface area is 149 Å². The van der Waals surface area contributed by atoms with Gasteiger partial charge in [-0.2, -0.15) is 0 Å². The molecule has 6 heteroatoms. The van der Waals surface area contributed by atoms with Crippen LogP contribution in [0.4, 0.5) is 5.82 Å². The Morgan fingerprint density at radius 2 is 1.96 bits per heavy atom. The van der Waals surface area contributed by atoms with Crippen molar-refractivity contribution in [3.8, 4) is 0 Å². The number of aryl methyl sites for hydroxylation is 2. The Balaban J connectivity index is 1.58. The first-order chi connectivity index (χ1) is 11.7. The van der Waals surface area contributed by atoms with E-state index >= 15 is 0 Å². The summed E-state index contributed by atoms with van der Waals surface area (Å²) in [6.45, 7) is 0.401. The summed E-state index contributed by atoms with van der Waals surface area (Å²) in [5.41, 5.74) is 2.23. The summed E-state index contributed by atoms with van der Waals surface area (Å²) >= 11 is 7.67. The molecule has 0 saturated carbocycles. The van der Waals surface area contributed by atoms with Crippen LogP contribution < -0.4 is 5.32 Å². The Kier molecular flexibility index (Phi) is 4.39. The van der Waals surface area contributed by atoms with E-state index in [1.54, 1.807) is 29.8 Å². The van der Waals surface area contributed by atoms with Crippen LogP contribution in [-0.2, 0) is 12.8 Å². The van der Waals surface area contributed by atoms with Crippen LogP contribution in [0.25, 0.3) is 10.2 Å². The quantitative estimate of drug-likeness (QED) is 0.726. The molecule has 1 atom stereocenters. The van der Waals surface area contributed by atoms with Gasteiger partial charge < -0.3 is 10.4 Å². The molecule has 0 amide bonds. The van der Waals surface area contributed by atoms with Crippen molar-refractivity contribution in [3.05, 3.63) is 51.6 Å². The predicted octanol–water partition coefficient (Wildman–Crippen LogP) is 4.37. The van der Waals surface area contributed by atoms with Gasteiger partial charge >= 0.3 is 0 Å². The fourth-order valence-electron chi connectivity index (χ4n) is 3.22. The Hall–Kier alpha value is -1.69. The number of aliphatic hydroxyl groups excluding tert-OH is 1. The highest BCUT2D eigenvalue weighted by atomic mass is 35.5. The first-order valence-corrected chi connectivity index (χ1v) is 9.34. The van der Waals surface area contributed by atoms with Crippen LogP contribution in [0.5, 0.6) is 0 Å². The van der Waals surface area contributed by atoms with Gasteiger partial charge in [-0.15, -0.1) is 11.3 Å². The largest absolute Gasteiger partial charge is 0.387 e. The summed E-state index contributed by atoms with van der Waals surface area (Å²) in [7, 11) is 0. The van der Waals surface area contributed by atoms with Gasteiger partial charge in [0, 0.05) is 16.4 Å². The minimum Gasteiger partial charge on any atom is -0.387 e. The topological polar surface area (TPSA) is 58.0 Å². The fraction of sp³-hybridized carbons (Fsp3) is 0.333. The van der Waals surface area contributed by atoms with Crippen molar-refractivity contribution in [1.82, 2.24) is 9.97 Å². The molecule has 24 heavy (non-hydrogen) atoms. The van der Waals surface area contributed by atoms with Crippen LogP contribution in [-0.4, -0.2) is 21.6 Å². The summed E-state index contributed by atoms with van der Waals surface area (Å²) in [5.74, 6) is 0.826. The molecule has 3 aromatic rings. The van der Waals surface area contributed by atoms with Gasteiger partial charge in [0.2, 0.25) is 0 Å². The highest BCUT2D eigenvalue weighted by Crippen LogP contribution is 2.38. The molecule has 2 heterocycles. The average Bonchev–Trinajstić information content (AvgIpc) is 2.99. The van der Waals surface area contributed by atoms with Crippen LogP contribution in [0.15, 0.2) is 30.6 Å². The number of halogens is 1. The number of thiophene rings is 1. The van der Waals surface area contributed by atoms with Gasteiger partial charge in [-0.3, -0.25) is 0 Å². The lowest BCUT2D eigenvalue weighted by Crippen LogP contribution is -2.13. The number of rotatable bonds is 4. The molecule has 2 aromatic heterocycles. The van der Waals surface area contributed by atoms with E-state index < -0.39 is 6.10 Å². The molecule has 124 valence electrons. The second-order valence-corrected chi connectivity index (χ2v) is 7.58. The summed E-state index contributed by atoms with van der Waals surface area (Å²) in [5, 5.41) is 15.5. The van der Waals surface area contributed by atoms with Gasteiger partial charge in [-0.1, -0.05) is 23.7 Å². The third-order valence-electron chi connectivity index (χ3n) is 4.47. The Morgan fingerprint density at radius 1 is 1.17 bits per heavy atom. The molecule has 1 unspecified atom stereocenters. The zero-order chi connectivity index (χ0) is 16.5. The van der Waals surface area contributed by atoms with E-state index in [4.69, 9.17) is 11.6 Å². The third-order valence-corrected chi connectivity index (χ3v) is 5.92. The zero-order valence-corrected chi connectivity index (χ0v) is 14.7. The van der Waals surface area contributed by atoms with Crippen molar-refractivity contribution >= 4 is 39.0 Å². The highest BCUT2D eigenvalue weighted by molar-refractivity contribution is 7.19. The number of fused-ring (bicyclic) bond motifs is 3. The summed E-state index contributed by atoms with van der Waals surface area (Å²) in [4.78, 5) is 11.3. The molecular formula is C18H18ClN3OS. The lowest BCUT2D eigenvalue weighted by molar-refractivity contribution is 0.191. The number of benzene rings is 1. The number of hydrogen-bond donors (Lipinski definition) is 2. The monoisotopic (exact) mass is 359 g/mol. The van der Waals surface area contributed by atoms with Gasteiger partial charge in [-0.25, -0.2) is 9.97 Å². The minimum atomic E-state index is -0.609. The van der Waals surface area contributed by atoms with Crippen molar-refractivity contribution in [2.45, 2.75) is 31.8 Å². The van der Waals surface area contributed by atoms with E-state index in [9.17, 15) is 5.11 Å². The van der Waals surface area contributed by atoms with Crippen LogP contribution in [0.2, 0.25) is 5.02 Å². The number of aromatic nitrogens is 2. The van der Waals surface area contributed by atoms with Gasteiger partial charge in [-0.05, 0) is 48.9 Å². The zero-order valence-electron chi connectivity index (χ0n) is 13.1. The van der Waals surface area contributed by atoms with Crippen molar-refractivity contribution in [1.29, 1.82) is 0 Å². The molecule has 0 saturated heterocycles. The molecule has 2 N–H and O–H groups in total. The molecule has 1 aromatic carbocycles. The predicted molar refractivity (Wildman–Crippen MR) is 99.0 cm³/mol. The second kappa shape index (κ2) is 6.67. The van der Waals surface area contributed by atoms with Crippen molar-refractivity contribution in [2.24, 2.45) is 0 Å². The summed E-state index contributed by atoms with van der Waals surface area (Å²) in [6.07, 6.45) is 5.70. The summed E-state index contributed by atoms with van der Waals surface area (Å²) in [6, 6.07) is 7.27. The second-order valence-electron chi connectivity index (χ2n) is 6.06. The van der Waals surface area contributed by atoms with Gasteiger partial charge in [0.1, 0.15) is 17.0 Å². The maximum Gasteiger partial charge on any atom is 0.138 e. The molecule has 1 aliphatic carbocycles. The molecule has 0 spiro atoms. The number of anilines is 1. The van der Waals surface area contributed by atoms with E-state index in [1.807, 2.05) is 12.1 Å². The van der Waals surface area contributed by atoms with Gasteiger partial charge in [0.05, 0.1) is 11.5 Å². The normalized spacial score (nSPS) is 15.2. The van der Waals surface area contributed by atoms with E-state index in [-0.39, 0.29) is 0 Å². The lowest BCUT2D eigenvalue weighted by atomic mass is 9.97. The van der Waals surface area contributed by atoms with Gasteiger partial charge in [0.15, 0.2) is 0 Å². The van der Waals surface area contributed by atoms with Crippen LogP contribution >= 0.6 is 22.9 Å². The van der Waals surface area contributed by atoms with Gasteiger partial charge in [0.25, 0.3) is 0 Å². The van der Waals surface area contributed by atoms with Crippen molar-refractivity contribution < 1.29 is 5.11 Å². The smallest absolute Gasteiger partial charge is 0.138 e. The number of nitrogens with one attached hydrogen (secondary N) is 1. The Bertz CT molecular complexity index is 863. The van der Waals surface area contributed by atoms with Crippen molar-refractivity contribution in [3.63, 3.8) is 0 Å². The number of nitrogens with zero attached hydrogens (tertiary/aromatic N) is 2. The average molecular weight is 360 g/mol. The van der Waals surface area contributed by atoms with Crippen LogP contribution in [0.3, 0.4) is 0 Å². The SMILES string of the molecule is OC(CNc1ncnc2sc3c(c12)CCCC3)c1ccc(Cl)cc1. The van der Waals surface area contributed by atoms with E-state index in [2.05, 4.69) is 15.3 Å². The number of aliphatic hydroxyl groups is 1. The van der Waals surface area contributed by atoms with Crippen LogP contribution in [0.1, 0.15) is 34.9 Å². The Morgan fingerprint density at radius 3 is 2.79 bits per heavy atom. The lowest BCUT2D eigenvalue weighted by Gasteiger charge is -2.15. The fourth-order valence-corrected chi connectivity index (χ4v) is 4.58. The number of hydrogen-bond acceptors (Lipinski definition) is 5. The summed E-state index contributed by atoms with van der Waals surface area (Å²) < 4.78 is 0. The van der Waals surface area contributed by atoms with E-state index in [1.165, 1.54) is 23.3 Å². The molecule has 0 radical (unpaired) electrons. The maximum atomic E-state index is 10.4. The third kappa shape index (κ3) is 2.99. The van der Waals surface area contributed by atoms with Crippen LogP contribution in [0, 0.1) is 0 Å². The minimum absolute atomic E-state index is 0.401. The standard InChI is InChI=1S/C18H18ClN3OS/c19-12-7-5-11(6-8-12)14(23)9-20-17-16-13-3-1-2-4-15(13)24-18(16)22-10-21-17/h5-8,10,14,23H,1-4,9H2,(H,20,21,22). The molecule has 4 nitrogen and oxygen atoms in total. The van der Waals surface area contributed by atoms with E-state index in [0.29, 0.717) is 11.6 Å².